The molecule has 0 saturated heterocycles. The van der Waals surface area contributed by atoms with E-state index in [-0.39, 0.29) is 5.82 Å². The average molecular weight is 271 g/mol. The maximum Gasteiger partial charge on any atom is 0.234 e. The zero-order valence-corrected chi connectivity index (χ0v) is 11.5. The van der Waals surface area contributed by atoms with Crippen LogP contribution >= 0.6 is 0 Å². The fourth-order valence-electron chi connectivity index (χ4n) is 2.31. The minimum Gasteiger partial charge on any atom is -0.496 e. The first-order valence-electron chi connectivity index (χ1n) is 6.26. The van der Waals surface area contributed by atoms with Crippen LogP contribution in [0.4, 0.5) is 4.39 Å². The van der Waals surface area contributed by atoms with Gasteiger partial charge in [0.05, 0.1) is 18.4 Å². The lowest BCUT2D eigenvalue weighted by molar-refractivity contribution is 0.413. The number of fused-ring (bicyclic) bond motifs is 1. The minimum absolute atomic E-state index is 0.359. The summed E-state index contributed by atoms with van der Waals surface area (Å²) >= 11 is 0. The number of aryl methyl sites for hydroxylation is 2. The monoisotopic (exact) mass is 271 g/mol. The summed E-state index contributed by atoms with van der Waals surface area (Å²) in [5, 5.41) is 0. The summed E-state index contributed by atoms with van der Waals surface area (Å²) in [7, 11) is 1.52. The van der Waals surface area contributed by atoms with Crippen LogP contribution in [0.2, 0.25) is 0 Å². The van der Waals surface area contributed by atoms with Gasteiger partial charge in [-0.3, -0.25) is 4.40 Å². The molecule has 0 saturated carbocycles. The molecule has 5 heteroatoms. The Morgan fingerprint density at radius 2 is 2.00 bits per heavy atom. The van der Waals surface area contributed by atoms with Gasteiger partial charge in [0, 0.05) is 17.6 Å². The number of hydrogen-bond acceptors (Lipinski definition) is 3. The molecule has 0 aliphatic heterocycles. The van der Waals surface area contributed by atoms with E-state index in [2.05, 4.69) is 9.97 Å². The average Bonchev–Trinajstić information content (AvgIpc) is 2.81. The van der Waals surface area contributed by atoms with Crippen LogP contribution in [-0.2, 0) is 0 Å². The molecule has 0 aliphatic rings. The molecule has 20 heavy (non-hydrogen) atoms. The third-order valence-electron chi connectivity index (χ3n) is 3.21. The molecule has 0 atom stereocenters. The van der Waals surface area contributed by atoms with Gasteiger partial charge in [-0.2, -0.15) is 0 Å². The number of nitrogens with zero attached hydrogens (tertiary/aromatic N) is 3. The van der Waals surface area contributed by atoms with Crippen LogP contribution in [0.1, 0.15) is 11.4 Å². The lowest BCUT2D eigenvalue weighted by Gasteiger charge is -2.06. The zero-order valence-electron chi connectivity index (χ0n) is 11.5. The number of methoxy groups -OCH3 is 1. The van der Waals surface area contributed by atoms with Gasteiger partial charge in [-0.05, 0) is 32.0 Å². The summed E-state index contributed by atoms with van der Waals surface area (Å²) in [6.07, 6.45) is 1.78. The third-order valence-corrected chi connectivity index (χ3v) is 3.21. The number of ether oxygens (including phenoxy) is 1. The summed E-state index contributed by atoms with van der Waals surface area (Å²) in [6.45, 7) is 3.87. The first-order chi connectivity index (χ1) is 9.60. The highest BCUT2D eigenvalue weighted by atomic mass is 19.1. The second-order valence-corrected chi connectivity index (χ2v) is 4.65. The zero-order chi connectivity index (χ0) is 14.3. The molecule has 0 N–H and O–H groups in total. The van der Waals surface area contributed by atoms with Crippen molar-refractivity contribution in [2.24, 2.45) is 0 Å². The van der Waals surface area contributed by atoms with Gasteiger partial charge in [-0.1, -0.05) is 6.07 Å². The largest absolute Gasteiger partial charge is 0.496 e. The number of aromatic nitrogens is 3. The quantitative estimate of drug-likeness (QED) is 0.718. The molecule has 4 nitrogen and oxygen atoms in total. The van der Waals surface area contributed by atoms with Crippen molar-refractivity contribution in [2.75, 3.05) is 7.11 Å². The van der Waals surface area contributed by atoms with E-state index in [1.807, 2.05) is 24.3 Å². The smallest absolute Gasteiger partial charge is 0.234 e. The molecule has 0 radical (unpaired) electrons. The molecule has 2 heterocycles. The Kier molecular flexibility index (Phi) is 2.89. The summed E-state index contributed by atoms with van der Waals surface area (Å²) in [5.74, 6) is 0.660. The first-order valence-corrected chi connectivity index (χ1v) is 6.26. The molecule has 0 spiro atoms. The van der Waals surface area contributed by atoms with Crippen molar-refractivity contribution in [1.29, 1.82) is 0 Å². The Labute approximate surface area is 115 Å². The number of benzene rings is 1. The van der Waals surface area contributed by atoms with E-state index in [9.17, 15) is 4.39 Å². The number of imidazole rings is 1. The van der Waals surface area contributed by atoms with E-state index in [1.54, 1.807) is 18.3 Å². The van der Waals surface area contributed by atoms with Crippen LogP contribution in [-0.4, -0.2) is 21.5 Å². The summed E-state index contributed by atoms with van der Waals surface area (Å²) < 4.78 is 21.1. The van der Waals surface area contributed by atoms with Crippen LogP contribution in [0.3, 0.4) is 0 Å². The fraction of sp³-hybridized carbons (Fsp3) is 0.200. The number of hydrogen-bond donors (Lipinski definition) is 0. The molecule has 3 rings (SSSR count). The van der Waals surface area contributed by atoms with Crippen LogP contribution in [0.5, 0.6) is 5.75 Å². The highest BCUT2D eigenvalue weighted by molar-refractivity contribution is 5.69. The van der Waals surface area contributed by atoms with Crippen molar-refractivity contribution in [3.05, 3.63) is 47.7 Å². The molecule has 0 unspecified atom stereocenters. The highest BCUT2D eigenvalue weighted by Gasteiger charge is 2.16. The number of halogens is 1. The molecule has 2 aromatic heterocycles. The van der Waals surface area contributed by atoms with Crippen molar-refractivity contribution in [3.63, 3.8) is 0 Å². The predicted octanol–water partition coefficient (Wildman–Crippen LogP) is 3.16. The lowest BCUT2D eigenvalue weighted by atomic mass is 10.1. The van der Waals surface area contributed by atoms with Gasteiger partial charge >= 0.3 is 0 Å². The molecule has 0 amide bonds. The molecular weight excluding hydrogens is 257 g/mol. The van der Waals surface area contributed by atoms with Crippen LogP contribution in [0.25, 0.3) is 17.0 Å². The van der Waals surface area contributed by atoms with Gasteiger partial charge in [0.25, 0.3) is 0 Å². The van der Waals surface area contributed by atoms with Crippen molar-refractivity contribution in [1.82, 2.24) is 14.4 Å². The van der Waals surface area contributed by atoms with Gasteiger partial charge < -0.3 is 4.74 Å². The molecular formula is C15H14FN3O. The molecule has 0 bridgehead atoms. The van der Waals surface area contributed by atoms with Gasteiger partial charge in [-0.15, -0.1) is 0 Å². The summed E-state index contributed by atoms with van der Waals surface area (Å²) in [5.41, 5.74) is 2.76. The Morgan fingerprint density at radius 3 is 2.75 bits per heavy atom. The van der Waals surface area contributed by atoms with E-state index >= 15 is 0 Å². The molecule has 102 valence electrons. The first kappa shape index (κ1) is 12.6. The van der Waals surface area contributed by atoms with E-state index in [0.29, 0.717) is 22.8 Å². The van der Waals surface area contributed by atoms with E-state index in [4.69, 9.17) is 4.74 Å². The fourth-order valence-corrected chi connectivity index (χ4v) is 2.31. The Balaban J connectivity index is 2.28. The maximum atomic E-state index is 14.1. The molecule has 0 fully saturated rings. The minimum atomic E-state index is -0.359. The van der Waals surface area contributed by atoms with Crippen LogP contribution in [0, 0.1) is 19.7 Å². The van der Waals surface area contributed by atoms with Crippen LogP contribution in [0.15, 0.2) is 30.5 Å². The van der Waals surface area contributed by atoms with E-state index in [0.717, 1.165) is 11.4 Å². The highest BCUT2D eigenvalue weighted by Crippen LogP contribution is 2.31. The van der Waals surface area contributed by atoms with Crippen molar-refractivity contribution in [3.8, 4) is 17.0 Å². The van der Waals surface area contributed by atoms with Crippen molar-refractivity contribution >= 4 is 5.78 Å². The molecule has 0 aliphatic carbocycles. The molecule has 3 aromatic rings. The Bertz CT molecular complexity index is 795. The lowest BCUT2D eigenvalue weighted by Crippen LogP contribution is -1.94. The number of rotatable bonds is 2. The van der Waals surface area contributed by atoms with Crippen molar-refractivity contribution < 1.29 is 9.13 Å². The third kappa shape index (κ3) is 1.91. The van der Waals surface area contributed by atoms with Crippen molar-refractivity contribution in [2.45, 2.75) is 13.8 Å². The SMILES string of the molecule is COc1cccc(F)c1-c1cn2c(C)cc(C)nc2n1. The predicted molar refractivity (Wildman–Crippen MR) is 74.4 cm³/mol. The Hall–Kier alpha value is -2.43. The van der Waals surface area contributed by atoms with Gasteiger partial charge in [0.1, 0.15) is 11.6 Å². The molecule has 1 aromatic carbocycles. The van der Waals surface area contributed by atoms with E-state index < -0.39 is 0 Å². The standard InChI is InChI=1S/C15H14FN3O/c1-9-7-10(2)19-8-12(18-15(19)17-9)14-11(16)5-4-6-13(14)20-3/h4-8H,1-3H3. The van der Waals surface area contributed by atoms with Gasteiger partial charge in [0.2, 0.25) is 5.78 Å². The summed E-state index contributed by atoms with van der Waals surface area (Å²) in [6, 6.07) is 6.68. The maximum absolute atomic E-state index is 14.1. The van der Waals surface area contributed by atoms with Gasteiger partial charge in [0.15, 0.2) is 0 Å². The second-order valence-electron chi connectivity index (χ2n) is 4.65. The van der Waals surface area contributed by atoms with Crippen LogP contribution < -0.4 is 4.74 Å². The Morgan fingerprint density at radius 1 is 1.20 bits per heavy atom. The van der Waals surface area contributed by atoms with E-state index in [1.165, 1.54) is 13.2 Å². The second kappa shape index (κ2) is 4.59. The normalized spacial score (nSPS) is 11.0. The van der Waals surface area contributed by atoms with Gasteiger partial charge in [-0.25, -0.2) is 14.4 Å². The topological polar surface area (TPSA) is 39.4 Å². The summed E-state index contributed by atoms with van der Waals surface area (Å²) in [4.78, 5) is 8.76.